The normalized spacial score (nSPS) is 57.7. The van der Waals surface area contributed by atoms with Crippen LogP contribution in [0, 0.1) is 81.9 Å². The van der Waals surface area contributed by atoms with Gasteiger partial charge in [-0.15, -0.1) is 12.8 Å². The fraction of sp³-hybridized carbons (Fsp3) is 0.810. The molecule has 18 atom stereocenters. The fourth-order valence-electron chi connectivity index (χ4n) is 13.9. The maximum atomic E-state index is 11.0. The molecule has 0 amide bonds. The maximum absolute atomic E-state index is 11.0. The van der Waals surface area contributed by atoms with Gasteiger partial charge in [-0.05, 0) is 111 Å². The molecule has 50 heavy (non-hydrogen) atoms. The topological polar surface area (TPSA) is 162 Å². The number of aliphatic hydroxyl groups is 8. The van der Waals surface area contributed by atoms with Gasteiger partial charge in [0, 0.05) is 23.7 Å². The SMILES string of the molecule is C#C[C@]1(O)C[C@H](O)C2C3C(CC[C@@]21C)[C@@]1(C)CC[C@@H](O)CC1=C[C@@H]3O.C#C[C@]1(O)C[C@H](O)C2C3C(CC[C@@]21C)[C@@]1(C)CC[C@H](O)CC1=C[C@@H]3O. The van der Waals surface area contributed by atoms with Crippen molar-refractivity contribution in [1.82, 2.24) is 0 Å². The summed E-state index contributed by atoms with van der Waals surface area (Å²) in [6.07, 6.45) is 20.2. The molecular formula is C42H60O8. The highest BCUT2D eigenvalue weighted by Gasteiger charge is 2.69. The summed E-state index contributed by atoms with van der Waals surface area (Å²) in [5, 5.41) is 85.7. The van der Waals surface area contributed by atoms with Crippen LogP contribution in [0.1, 0.15) is 105 Å². The van der Waals surface area contributed by atoms with Gasteiger partial charge in [-0.25, -0.2) is 0 Å². The van der Waals surface area contributed by atoms with Gasteiger partial charge in [0.1, 0.15) is 11.2 Å². The summed E-state index contributed by atoms with van der Waals surface area (Å²) in [5.41, 5.74) is -1.50. The Balaban J connectivity index is 0.000000157. The Morgan fingerprint density at radius 1 is 0.580 bits per heavy atom. The van der Waals surface area contributed by atoms with Gasteiger partial charge in [-0.1, -0.05) is 62.8 Å². The van der Waals surface area contributed by atoms with Crippen molar-refractivity contribution in [3.05, 3.63) is 23.3 Å². The summed E-state index contributed by atoms with van der Waals surface area (Å²) >= 11 is 0. The summed E-state index contributed by atoms with van der Waals surface area (Å²) in [5.74, 6) is 5.02. The molecule has 0 aromatic rings. The predicted octanol–water partition coefficient (Wildman–Crippen LogP) is 3.23. The summed E-state index contributed by atoms with van der Waals surface area (Å²) < 4.78 is 0. The van der Waals surface area contributed by atoms with Crippen molar-refractivity contribution < 1.29 is 40.9 Å². The molecule has 0 aromatic heterocycles. The van der Waals surface area contributed by atoms with Gasteiger partial charge in [-0.3, -0.25) is 0 Å². The van der Waals surface area contributed by atoms with Crippen LogP contribution in [0.2, 0.25) is 0 Å². The molecule has 8 aliphatic carbocycles. The molecule has 0 aliphatic heterocycles. The van der Waals surface area contributed by atoms with Gasteiger partial charge in [0.15, 0.2) is 0 Å². The molecule has 8 aliphatic rings. The van der Waals surface area contributed by atoms with E-state index in [9.17, 15) is 40.9 Å². The van der Waals surface area contributed by atoms with Crippen LogP contribution in [0.25, 0.3) is 0 Å². The highest BCUT2D eigenvalue weighted by Crippen LogP contribution is 2.68. The lowest BCUT2D eigenvalue weighted by Crippen LogP contribution is -2.58. The van der Waals surface area contributed by atoms with E-state index in [1.165, 1.54) is 11.1 Å². The van der Waals surface area contributed by atoms with E-state index in [1.807, 2.05) is 26.0 Å². The third kappa shape index (κ3) is 4.82. The number of hydrogen-bond donors (Lipinski definition) is 8. The zero-order chi connectivity index (χ0) is 36.4. The molecule has 0 heterocycles. The second-order valence-corrected chi connectivity index (χ2v) is 18.9. The van der Waals surface area contributed by atoms with Crippen molar-refractivity contribution in [2.75, 3.05) is 0 Å². The van der Waals surface area contributed by atoms with Crippen LogP contribution in [0.4, 0.5) is 0 Å². The Kier molecular flexibility index (Phi) is 8.71. The van der Waals surface area contributed by atoms with Crippen molar-refractivity contribution in [2.45, 2.75) is 153 Å². The lowest BCUT2D eigenvalue weighted by molar-refractivity contribution is -0.136. The summed E-state index contributed by atoms with van der Waals surface area (Å²) in [4.78, 5) is 0. The van der Waals surface area contributed by atoms with Crippen molar-refractivity contribution in [2.24, 2.45) is 57.2 Å². The quantitative estimate of drug-likeness (QED) is 0.142. The standard InChI is InChI=1S/2C21H30O4/c2*1-4-21(25)11-16(24)18-17-14(6-8-20(18,21)3)19(2)7-5-13(22)9-12(19)10-15(17)23/h2*1,10,13-18,22-25H,5-9,11H2,2-3H3/t13-,14?,15+,16+,17?,18?,19+,20+,21+;13-,14?,15-,16-,17?,18?,19-,20-,21-/m10/s1. The first-order valence-corrected chi connectivity index (χ1v) is 19.2. The Morgan fingerprint density at radius 2 is 0.940 bits per heavy atom. The van der Waals surface area contributed by atoms with Crippen LogP contribution in [0.5, 0.6) is 0 Å². The van der Waals surface area contributed by atoms with Gasteiger partial charge in [0.25, 0.3) is 0 Å². The largest absolute Gasteiger partial charge is 0.393 e. The molecule has 8 nitrogen and oxygen atoms in total. The maximum Gasteiger partial charge on any atom is 0.133 e. The molecule has 8 rings (SSSR count). The number of rotatable bonds is 0. The van der Waals surface area contributed by atoms with E-state index >= 15 is 0 Å². The Labute approximate surface area is 298 Å². The van der Waals surface area contributed by atoms with E-state index in [0.717, 1.165) is 51.4 Å². The number of aliphatic hydroxyl groups excluding tert-OH is 6. The molecule has 6 fully saturated rings. The highest BCUT2D eigenvalue weighted by molar-refractivity contribution is 5.33. The smallest absolute Gasteiger partial charge is 0.133 e. The van der Waals surface area contributed by atoms with Gasteiger partial charge in [0.05, 0.1) is 36.6 Å². The van der Waals surface area contributed by atoms with E-state index < -0.39 is 46.4 Å². The average Bonchev–Trinajstić information content (AvgIpc) is 3.40. The van der Waals surface area contributed by atoms with Gasteiger partial charge < -0.3 is 40.9 Å². The third-order valence-electron chi connectivity index (χ3n) is 16.9. The molecule has 6 unspecified atom stereocenters. The molecular weight excluding hydrogens is 632 g/mol. The number of hydrogen-bond acceptors (Lipinski definition) is 8. The van der Waals surface area contributed by atoms with Crippen molar-refractivity contribution in [1.29, 1.82) is 0 Å². The van der Waals surface area contributed by atoms with Crippen LogP contribution in [0.3, 0.4) is 0 Å². The predicted molar refractivity (Wildman–Crippen MR) is 189 cm³/mol. The third-order valence-corrected chi connectivity index (χ3v) is 16.9. The molecule has 0 saturated heterocycles. The molecule has 8 N–H and O–H groups in total. The van der Waals surface area contributed by atoms with Crippen molar-refractivity contribution in [3.8, 4) is 24.7 Å². The minimum Gasteiger partial charge on any atom is -0.393 e. The molecule has 0 bridgehead atoms. The fourth-order valence-corrected chi connectivity index (χ4v) is 13.9. The number of fused-ring (bicyclic) bond motifs is 10. The first-order chi connectivity index (χ1) is 23.3. The molecule has 276 valence electrons. The summed E-state index contributed by atoms with van der Waals surface area (Å²) in [7, 11) is 0. The van der Waals surface area contributed by atoms with E-state index in [1.54, 1.807) is 0 Å². The minimum absolute atomic E-state index is 0.0406. The van der Waals surface area contributed by atoms with E-state index in [4.69, 9.17) is 12.8 Å². The molecule has 0 radical (unpaired) electrons. The molecule has 6 saturated carbocycles. The van der Waals surface area contributed by atoms with Crippen molar-refractivity contribution >= 4 is 0 Å². The van der Waals surface area contributed by atoms with Crippen molar-refractivity contribution in [3.63, 3.8) is 0 Å². The monoisotopic (exact) mass is 692 g/mol. The summed E-state index contributed by atoms with van der Waals surface area (Å²) in [6.45, 7) is 8.49. The number of terminal acetylenes is 2. The van der Waals surface area contributed by atoms with E-state index in [2.05, 4.69) is 25.7 Å². The highest BCUT2D eigenvalue weighted by atomic mass is 16.3. The lowest BCUT2D eigenvalue weighted by atomic mass is 9.46. The first-order valence-electron chi connectivity index (χ1n) is 19.2. The van der Waals surface area contributed by atoms with E-state index in [0.29, 0.717) is 12.8 Å². The molecule has 0 aromatic carbocycles. The molecule has 8 heteroatoms. The van der Waals surface area contributed by atoms with Crippen LogP contribution in [-0.4, -0.2) is 88.7 Å². The second kappa shape index (κ2) is 11.9. The van der Waals surface area contributed by atoms with E-state index in [-0.39, 0.29) is 71.4 Å². The van der Waals surface area contributed by atoms with Gasteiger partial charge >= 0.3 is 0 Å². The van der Waals surface area contributed by atoms with Crippen LogP contribution >= 0.6 is 0 Å². The Bertz CT molecular complexity index is 1410. The van der Waals surface area contributed by atoms with Crippen LogP contribution in [-0.2, 0) is 0 Å². The zero-order valence-corrected chi connectivity index (χ0v) is 30.3. The Morgan fingerprint density at radius 3 is 1.28 bits per heavy atom. The van der Waals surface area contributed by atoms with Crippen LogP contribution in [0.15, 0.2) is 23.3 Å². The Hall–Kier alpha value is -1.72. The first kappa shape index (κ1) is 36.6. The van der Waals surface area contributed by atoms with Gasteiger partial charge in [-0.2, -0.15) is 0 Å². The van der Waals surface area contributed by atoms with Crippen LogP contribution < -0.4 is 0 Å². The average molecular weight is 693 g/mol. The summed E-state index contributed by atoms with van der Waals surface area (Å²) in [6, 6.07) is 0. The minimum atomic E-state index is -1.31. The van der Waals surface area contributed by atoms with Gasteiger partial charge in [0.2, 0.25) is 0 Å². The second-order valence-electron chi connectivity index (χ2n) is 18.9. The lowest BCUT2D eigenvalue weighted by Gasteiger charge is -2.59. The molecule has 0 spiro atoms. The zero-order valence-electron chi connectivity index (χ0n) is 30.3.